The maximum absolute atomic E-state index is 12.8. The first kappa shape index (κ1) is 27.4. The SMILES string of the molecule is CCC(CC)NC(=O)Nc1cccc(N2C=C(Nc3ccc(C(=O)N4CCOCC4)cn3)C3=NC=C[NH+]3C2)c1C. The number of benzene rings is 1. The molecule has 5 rings (SSSR count). The first-order valence-corrected chi connectivity index (χ1v) is 13.8. The molecule has 4 N–H and O–H groups in total. The molecule has 1 aromatic heterocycles. The molecule has 1 aromatic carbocycles. The zero-order valence-electron chi connectivity index (χ0n) is 23.2. The van der Waals surface area contributed by atoms with Gasteiger partial charge in [0.2, 0.25) is 0 Å². The number of fused-ring (bicyclic) bond motifs is 1. The summed E-state index contributed by atoms with van der Waals surface area (Å²) in [5.74, 6) is 1.44. The number of anilines is 3. The van der Waals surface area contributed by atoms with E-state index in [-0.39, 0.29) is 18.0 Å². The van der Waals surface area contributed by atoms with Crippen LogP contribution in [0.5, 0.6) is 0 Å². The first-order valence-electron chi connectivity index (χ1n) is 13.8. The van der Waals surface area contributed by atoms with Crippen molar-refractivity contribution in [3.8, 4) is 0 Å². The van der Waals surface area contributed by atoms with Crippen molar-refractivity contribution in [2.75, 3.05) is 48.5 Å². The van der Waals surface area contributed by atoms with E-state index in [1.165, 1.54) is 0 Å². The number of quaternary nitrogens is 1. The van der Waals surface area contributed by atoms with Crippen LogP contribution in [0.1, 0.15) is 42.6 Å². The molecule has 3 aliphatic heterocycles. The van der Waals surface area contributed by atoms with Crippen molar-refractivity contribution in [3.63, 3.8) is 0 Å². The highest BCUT2D eigenvalue weighted by Crippen LogP contribution is 2.28. The van der Waals surface area contributed by atoms with Gasteiger partial charge in [0.1, 0.15) is 17.7 Å². The average molecular weight is 546 g/mol. The molecule has 210 valence electrons. The van der Waals surface area contributed by atoms with Crippen LogP contribution in [0, 0.1) is 6.92 Å². The first-order chi connectivity index (χ1) is 19.5. The minimum atomic E-state index is -0.199. The Labute approximate surface area is 234 Å². The number of morpholine rings is 1. The van der Waals surface area contributed by atoms with Crippen LogP contribution in [-0.2, 0) is 4.74 Å². The minimum absolute atomic E-state index is 0.0389. The van der Waals surface area contributed by atoms with Gasteiger partial charge in [0.05, 0.1) is 30.7 Å². The summed E-state index contributed by atoms with van der Waals surface area (Å²) in [7, 11) is 0. The second-order valence-electron chi connectivity index (χ2n) is 10.0. The van der Waals surface area contributed by atoms with Crippen molar-refractivity contribution < 1.29 is 19.2 Å². The van der Waals surface area contributed by atoms with Crippen molar-refractivity contribution in [1.29, 1.82) is 0 Å². The summed E-state index contributed by atoms with van der Waals surface area (Å²) in [6.07, 6.45) is 9.19. The number of hydrogen-bond acceptors (Lipinski definition) is 7. The molecular weight excluding hydrogens is 508 g/mol. The molecule has 4 heterocycles. The van der Waals surface area contributed by atoms with Gasteiger partial charge in [0.25, 0.3) is 11.7 Å². The molecule has 0 bridgehead atoms. The maximum atomic E-state index is 12.8. The quantitative estimate of drug-likeness (QED) is 0.406. The predicted molar refractivity (Wildman–Crippen MR) is 155 cm³/mol. The fraction of sp³-hybridized carbons (Fsp3) is 0.379. The maximum Gasteiger partial charge on any atom is 0.319 e. The third-order valence-corrected chi connectivity index (χ3v) is 7.42. The molecule has 1 fully saturated rings. The van der Waals surface area contributed by atoms with Gasteiger partial charge in [0, 0.05) is 37.2 Å². The minimum Gasteiger partial charge on any atom is -0.378 e. The lowest BCUT2D eigenvalue weighted by Crippen LogP contribution is -3.12. The molecule has 1 atom stereocenters. The summed E-state index contributed by atoms with van der Waals surface area (Å²) in [5, 5.41) is 9.44. The van der Waals surface area contributed by atoms with E-state index in [1.54, 1.807) is 23.4 Å². The van der Waals surface area contributed by atoms with Gasteiger partial charge < -0.3 is 25.6 Å². The van der Waals surface area contributed by atoms with Gasteiger partial charge in [-0.25, -0.2) is 14.7 Å². The second-order valence-corrected chi connectivity index (χ2v) is 10.0. The van der Waals surface area contributed by atoms with Crippen LogP contribution >= 0.6 is 0 Å². The lowest BCUT2D eigenvalue weighted by atomic mass is 10.1. The van der Waals surface area contributed by atoms with Gasteiger partial charge >= 0.3 is 6.03 Å². The Morgan fingerprint density at radius 2 is 1.93 bits per heavy atom. The van der Waals surface area contributed by atoms with Crippen molar-refractivity contribution in [1.82, 2.24) is 15.2 Å². The number of nitrogens with zero attached hydrogens (tertiary/aromatic N) is 4. The lowest BCUT2D eigenvalue weighted by molar-refractivity contribution is -0.743. The molecule has 0 spiro atoms. The summed E-state index contributed by atoms with van der Waals surface area (Å²) in [6.45, 7) is 9.08. The third kappa shape index (κ3) is 6.00. The van der Waals surface area contributed by atoms with E-state index in [4.69, 9.17) is 4.74 Å². The Bertz CT molecular complexity index is 1330. The molecule has 1 saturated heterocycles. The lowest BCUT2D eigenvalue weighted by Gasteiger charge is -2.31. The molecule has 3 amide bonds. The van der Waals surface area contributed by atoms with Crippen LogP contribution in [-0.4, -0.2) is 66.7 Å². The van der Waals surface area contributed by atoms with Crippen LogP contribution in [0.25, 0.3) is 0 Å². The number of rotatable bonds is 8. The average Bonchev–Trinajstić information content (AvgIpc) is 3.47. The Balaban J connectivity index is 1.33. The summed E-state index contributed by atoms with van der Waals surface area (Å²) < 4.78 is 5.35. The van der Waals surface area contributed by atoms with Crippen LogP contribution < -0.4 is 25.8 Å². The van der Waals surface area contributed by atoms with Crippen LogP contribution in [0.3, 0.4) is 0 Å². The topological polar surface area (TPSA) is 116 Å². The predicted octanol–water partition coefficient (Wildman–Crippen LogP) is 2.67. The number of amidine groups is 1. The number of carbonyl (C=O) groups excluding carboxylic acids is 2. The fourth-order valence-electron chi connectivity index (χ4n) is 5.01. The molecule has 11 nitrogen and oxygen atoms in total. The molecular formula is C29H37N8O3+. The number of carbonyl (C=O) groups is 2. The Morgan fingerprint density at radius 1 is 1.12 bits per heavy atom. The second kappa shape index (κ2) is 12.3. The van der Waals surface area contributed by atoms with Gasteiger partial charge in [-0.2, -0.15) is 4.99 Å². The van der Waals surface area contributed by atoms with E-state index >= 15 is 0 Å². The van der Waals surface area contributed by atoms with E-state index in [2.05, 4.69) is 44.7 Å². The largest absolute Gasteiger partial charge is 0.378 e. The van der Waals surface area contributed by atoms with Crippen molar-refractivity contribution in [3.05, 3.63) is 72.0 Å². The van der Waals surface area contributed by atoms with Crippen LogP contribution in [0.15, 0.2) is 65.8 Å². The van der Waals surface area contributed by atoms with E-state index in [0.717, 1.165) is 46.2 Å². The monoisotopic (exact) mass is 545 g/mol. The molecule has 2 aromatic rings. The number of aliphatic imine (C=N–C) groups is 1. The molecule has 0 aliphatic carbocycles. The van der Waals surface area contributed by atoms with Crippen molar-refractivity contribution in [2.24, 2.45) is 4.99 Å². The number of pyridine rings is 1. The summed E-state index contributed by atoms with van der Waals surface area (Å²) >= 11 is 0. The zero-order valence-corrected chi connectivity index (χ0v) is 23.2. The van der Waals surface area contributed by atoms with Gasteiger partial charge in [-0.1, -0.05) is 19.9 Å². The molecule has 40 heavy (non-hydrogen) atoms. The summed E-state index contributed by atoms with van der Waals surface area (Å²) in [4.78, 5) is 39.5. The van der Waals surface area contributed by atoms with E-state index in [1.807, 2.05) is 43.6 Å². The van der Waals surface area contributed by atoms with Gasteiger partial charge in [-0.05, 0) is 49.6 Å². The number of ether oxygens (including phenoxy) is 1. The normalized spacial score (nSPS) is 18.2. The molecule has 3 aliphatic rings. The standard InChI is InChI=1S/C29H36N8O3/c1-4-22(5-2)32-29(39)34-23-7-6-8-25(20(23)3)37-18-24(27-30-11-12-36(27)19-37)33-26-10-9-21(17-31-26)28(38)35-13-15-40-16-14-35/h6-12,17-18,22H,4-5,13-16,19H2,1-3H3,(H,31,33)(H2,32,34,39)/p+1. The third-order valence-electron chi connectivity index (χ3n) is 7.42. The van der Waals surface area contributed by atoms with Crippen molar-refractivity contribution >= 4 is 35.0 Å². The van der Waals surface area contributed by atoms with Gasteiger partial charge in [-0.15, -0.1) is 0 Å². The number of hydrogen-bond donors (Lipinski definition) is 4. The Hall–Kier alpha value is -4.22. The smallest absolute Gasteiger partial charge is 0.319 e. The number of amides is 3. The highest BCUT2D eigenvalue weighted by atomic mass is 16.5. The van der Waals surface area contributed by atoms with E-state index in [0.29, 0.717) is 44.4 Å². The molecule has 1 unspecified atom stereocenters. The zero-order chi connectivity index (χ0) is 28.1. The molecule has 0 radical (unpaired) electrons. The highest BCUT2D eigenvalue weighted by molar-refractivity contribution is 5.98. The number of aromatic nitrogens is 1. The Morgan fingerprint density at radius 3 is 2.65 bits per heavy atom. The van der Waals surface area contributed by atoms with Crippen LogP contribution in [0.2, 0.25) is 0 Å². The van der Waals surface area contributed by atoms with Crippen molar-refractivity contribution in [2.45, 2.75) is 39.7 Å². The van der Waals surface area contributed by atoms with E-state index < -0.39 is 0 Å². The summed E-state index contributed by atoms with van der Waals surface area (Å²) in [5.41, 5.74) is 4.05. The Kier molecular flexibility index (Phi) is 8.42. The van der Waals surface area contributed by atoms with Gasteiger partial charge in [0.15, 0.2) is 6.67 Å². The van der Waals surface area contributed by atoms with Gasteiger partial charge in [-0.3, -0.25) is 9.69 Å². The number of urea groups is 1. The van der Waals surface area contributed by atoms with Crippen LogP contribution in [0.4, 0.5) is 22.0 Å². The number of nitrogens with one attached hydrogen (secondary N) is 4. The molecule has 11 heteroatoms. The molecule has 0 saturated carbocycles. The van der Waals surface area contributed by atoms with E-state index in [9.17, 15) is 9.59 Å². The summed E-state index contributed by atoms with van der Waals surface area (Å²) in [6, 6.07) is 9.45. The highest BCUT2D eigenvalue weighted by Gasteiger charge is 2.32. The fourth-order valence-corrected chi connectivity index (χ4v) is 5.01.